The third-order valence-corrected chi connectivity index (χ3v) is 4.07. The molecular formula is C15H25BrCl2N2. The summed E-state index contributed by atoms with van der Waals surface area (Å²) in [5.41, 5.74) is 1.45. The van der Waals surface area contributed by atoms with Gasteiger partial charge in [0.2, 0.25) is 0 Å². The van der Waals surface area contributed by atoms with Gasteiger partial charge >= 0.3 is 0 Å². The van der Waals surface area contributed by atoms with Crippen molar-refractivity contribution in [3.05, 3.63) is 34.3 Å². The predicted octanol–water partition coefficient (Wildman–Crippen LogP) is 4.29. The molecule has 1 heterocycles. The Morgan fingerprint density at radius 1 is 1.10 bits per heavy atom. The minimum Gasteiger partial charge on any atom is -0.314 e. The van der Waals surface area contributed by atoms with Crippen molar-refractivity contribution in [1.82, 2.24) is 10.2 Å². The second kappa shape index (κ2) is 10.0. The SMILES string of the molecule is CC(C)C[C@@H](c1ccc(Br)cc1)N1CCNCC1.Cl.Cl. The van der Waals surface area contributed by atoms with Gasteiger partial charge in [0.15, 0.2) is 0 Å². The molecule has 20 heavy (non-hydrogen) atoms. The van der Waals surface area contributed by atoms with Gasteiger partial charge in [-0.15, -0.1) is 24.8 Å². The molecule has 116 valence electrons. The lowest BCUT2D eigenvalue weighted by atomic mass is 9.95. The summed E-state index contributed by atoms with van der Waals surface area (Å²) in [4.78, 5) is 2.62. The first-order chi connectivity index (χ1) is 8.66. The standard InChI is InChI=1S/C15H23BrN2.2ClH/c1-12(2)11-15(18-9-7-17-8-10-18)13-3-5-14(16)6-4-13;;/h3-6,12,15,17H,7-11H2,1-2H3;2*1H/t15-;;/m0../s1. The van der Waals surface area contributed by atoms with Crippen molar-refractivity contribution < 1.29 is 0 Å². The Morgan fingerprint density at radius 3 is 2.15 bits per heavy atom. The molecule has 1 fully saturated rings. The molecule has 0 amide bonds. The van der Waals surface area contributed by atoms with Crippen LogP contribution in [0.4, 0.5) is 0 Å². The minimum absolute atomic E-state index is 0. The highest BCUT2D eigenvalue weighted by Gasteiger charge is 2.22. The van der Waals surface area contributed by atoms with Gasteiger partial charge < -0.3 is 5.32 Å². The van der Waals surface area contributed by atoms with Gasteiger partial charge in [0.1, 0.15) is 0 Å². The van der Waals surface area contributed by atoms with Crippen molar-refractivity contribution in [2.45, 2.75) is 26.3 Å². The van der Waals surface area contributed by atoms with Crippen LogP contribution in [0.2, 0.25) is 0 Å². The highest BCUT2D eigenvalue weighted by Crippen LogP contribution is 2.28. The number of rotatable bonds is 4. The van der Waals surface area contributed by atoms with Crippen LogP contribution in [-0.4, -0.2) is 31.1 Å². The number of nitrogens with one attached hydrogen (secondary N) is 1. The van der Waals surface area contributed by atoms with E-state index >= 15 is 0 Å². The molecule has 2 nitrogen and oxygen atoms in total. The third-order valence-electron chi connectivity index (χ3n) is 3.54. The average Bonchev–Trinajstić information content (AvgIpc) is 2.38. The molecule has 1 aliphatic rings. The molecule has 0 spiro atoms. The van der Waals surface area contributed by atoms with Gasteiger partial charge in [-0.05, 0) is 30.0 Å². The van der Waals surface area contributed by atoms with Gasteiger partial charge in [-0.2, -0.15) is 0 Å². The maximum Gasteiger partial charge on any atom is 0.0351 e. The van der Waals surface area contributed by atoms with Crippen LogP contribution in [0.3, 0.4) is 0 Å². The summed E-state index contributed by atoms with van der Waals surface area (Å²) in [6, 6.07) is 9.41. The van der Waals surface area contributed by atoms with E-state index in [1.165, 1.54) is 12.0 Å². The number of hydrogen-bond donors (Lipinski definition) is 1. The summed E-state index contributed by atoms with van der Waals surface area (Å²) in [5.74, 6) is 0.730. The summed E-state index contributed by atoms with van der Waals surface area (Å²) in [6.45, 7) is 9.18. The maximum absolute atomic E-state index is 3.52. The van der Waals surface area contributed by atoms with Crippen molar-refractivity contribution in [3.8, 4) is 0 Å². The number of piperazine rings is 1. The molecule has 0 radical (unpaired) electrons. The summed E-state index contributed by atoms with van der Waals surface area (Å²) in [7, 11) is 0. The third kappa shape index (κ3) is 5.90. The molecular weight excluding hydrogens is 359 g/mol. The smallest absolute Gasteiger partial charge is 0.0351 e. The normalized spacial score (nSPS) is 17.2. The van der Waals surface area contributed by atoms with Crippen LogP contribution < -0.4 is 5.32 Å². The second-order valence-electron chi connectivity index (χ2n) is 5.48. The largest absolute Gasteiger partial charge is 0.314 e. The molecule has 0 aromatic heterocycles. The zero-order valence-corrected chi connectivity index (χ0v) is 15.4. The van der Waals surface area contributed by atoms with Gasteiger partial charge in [0.05, 0.1) is 0 Å². The summed E-state index contributed by atoms with van der Waals surface area (Å²) in [6.07, 6.45) is 1.24. The molecule has 0 aliphatic carbocycles. The van der Waals surface area contributed by atoms with E-state index in [-0.39, 0.29) is 24.8 Å². The van der Waals surface area contributed by atoms with Gasteiger partial charge in [0.25, 0.3) is 0 Å². The fourth-order valence-corrected chi connectivity index (χ4v) is 2.89. The van der Waals surface area contributed by atoms with E-state index in [1.54, 1.807) is 0 Å². The summed E-state index contributed by atoms with van der Waals surface area (Å²) in [5, 5.41) is 3.43. The fraction of sp³-hybridized carbons (Fsp3) is 0.600. The van der Waals surface area contributed by atoms with Crippen molar-refractivity contribution >= 4 is 40.7 Å². The molecule has 1 N–H and O–H groups in total. The lowest BCUT2D eigenvalue weighted by Crippen LogP contribution is -2.45. The quantitative estimate of drug-likeness (QED) is 0.834. The minimum atomic E-state index is 0. The topological polar surface area (TPSA) is 15.3 Å². The van der Waals surface area contributed by atoms with Crippen LogP contribution in [-0.2, 0) is 0 Å². The molecule has 5 heteroatoms. The van der Waals surface area contributed by atoms with Gasteiger partial charge in [-0.3, -0.25) is 4.90 Å². The second-order valence-corrected chi connectivity index (χ2v) is 6.40. The Balaban J connectivity index is 0.00000180. The van der Waals surface area contributed by atoms with Crippen LogP contribution in [0.1, 0.15) is 31.9 Å². The molecule has 0 unspecified atom stereocenters. The Bertz CT molecular complexity index is 365. The molecule has 1 aromatic rings. The lowest BCUT2D eigenvalue weighted by molar-refractivity contribution is 0.154. The van der Waals surface area contributed by atoms with E-state index in [1.807, 2.05) is 0 Å². The Morgan fingerprint density at radius 2 is 1.65 bits per heavy atom. The number of halogens is 3. The molecule has 1 atom stereocenters. The molecule has 0 bridgehead atoms. The van der Waals surface area contributed by atoms with E-state index in [0.29, 0.717) is 6.04 Å². The molecule has 1 aliphatic heterocycles. The first kappa shape index (κ1) is 20.2. The molecule has 0 saturated carbocycles. The first-order valence-corrected chi connectivity index (χ1v) is 7.66. The van der Waals surface area contributed by atoms with Crippen LogP contribution in [0.5, 0.6) is 0 Å². The van der Waals surface area contributed by atoms with Crippen molar-refractivity contribution in [2.24, 2.45) is 5.92 Å². The maximum atomic E-state index is 3.52. The number of hydrogen-bond acceptors (Lipinski definition) is 2. The average molecular weight is 384 g/mol. The van der Waals surface area contributed by atoms with Crippen molar-refractivity contribution in [1.29, 1.82) is 0 Å². The summed E-state index contributed by atoms with van der Waals surface area (Å²) < 4.78 is 1.16. The first-order valence-electron chi connectivity index (χ1n) is 6.87. The highest BCUT2D eigenvalue weighted by atomic mass is 79.9. The Kier molecular flexibility index (Phi) is 10.1. The van der Waals surface area contributed by atoms with E-state index < -0.39 is 0 Å². The van der Waals surface area contributed by atoms with Crippen LogP contribution in [0.15, 0.2) is 28.7 Å². The van der Waals surface area contributed by atoms with E-state index in [2.05, 4.69) is 64.3 Å². The Labute approximate surface area is 143 Å². The van der Waals surface area contributed by atoms with Crippen LogP contribution in [0, 0.1) is 5.92 Å². The Hall–Kier alpha value is 0.200. The molecule has 2 rings (SSSR count). The predicted molar refractivity (Wildman–Crippen MR) is 95.3 cm³/mol. The van der Waals surface area contributed by atoms with Crippen molar-refractivity contribution in [3.63, 3.8) is 0 Å². The highest BCUT2D eigenvalue weighted by molar-refractivity contribution is 9.10. The monoisotopic (exact) mass is 382 g/mol. The molecule has 1 aromatic carbocycles. The van der Waals surface area contributed by atoms with E-state index in [0.717, 1.165) is 36.6 Å². The fourth-order valence-electron chi connectivity index (χ4n) is 2.62. The zero-order valence-electron chi connectivity index (χ0n) is 12.1. The zero-order chi connectivity index (χ0) is 13.0. The molecule has 1 saturated heterocycles. The van der Waals surface area contributed by atoms with Crippen LogP contribution in [0.25, 0.3) is 0 Å². The number of nitrogens with zero attached hydrogens (tertiary/aromatic N) is 1. The van der Waals surface area contributed by atoms with Gasteiger partial charge in [-0.25, -0.2) is 0 Å². The number of benzene rings is 1. The van der Waals surface area contributed by atoms with Crippen LogP contribution >= 0.6 is 40.7 Å². The summed E-state index contributed by atoms with van der Waals surface area (Å²) >= 11 is 3.52. The van der Waals surface area contributed by atoms with E-state index in [4.69, 9.17) is 0 Å². The van der Waals surface area contributed by atoms with E-state index in [9.17, 15) is 0 Å². The van der Waals surface area contributed by atoms with Gasteiger partial charge in [0, 0.05) is 36.7 Å². The van der Waals surface area contributed by atoms with Gasteiger partial charge in [-0.1, -0.05) is 41.9 Å². The lowest BCUT2D eigenvalue weighted by Gasteiger charge is -2.36. The van der Waals surface area contributed by atoms with Crippen molar-refractivity contribution in [2.75, 3.05) is 26.2 Å².